The Balaban J connectivity index is 1.22. The van der Waals surface area contributed by atoms with E-state index < -0.39 is 22.8 Å². The second kappa shape index (κ2) is 9.21. The van der Waals surface area contributed by atoms with Crippen LogP contribution in [0, 0.1) is 11.6 Å². The zero-order valence-electron chi connectivity index (χ0n) is 18.4. The van der Waals surface area contributed by atoms with Crippen LogP contribution in [0.3, 0.4) is 0 Å². The Hall–Kier alpha value is -2.60. The number of likely N-dealkylation sites (tertiary alicyclic amines) is 1. The van der Waals surface area contributed by atoms with Gasteiger partial charge in [-0.3, -0.25) is 19.7 Å². The van der Waals surface area contributed by atoms with Crippen LogP contribution < -0.4 is 15.6 Å². The SMILES string of the molecule is O=c1c(F)cc2ncc(F)c3c2n1CC3(O)CN1CCC(NCc2ccc(OCS)cn2)CC1. The number of β-amino-alcohol motifs (C(OH)–C–C–N with tert-alkyl or cyclic N) is 1. The number of rotatable bonds is 7. The van der Waals surface area contributed by atoms with Crippen molar-refractivity contribution in [2.24, 2.45) is 0 Å². The molecule has 2 aliphatic heterocycles. The number of nitrogens with one attached hydrogen (secondary N) is 1. The molecule has 5 heterocycles. The van der Waals surface area contributed by atoms with E-state index >= 15 is 0 Å². The Kier molecular flexibility index (Phi) is 6.28. The fourth-order valence-electron chi connectivity index (χ4n) is 4.94. The van der Waals surface area contributed by atoms with Gasteiger partial charge in [0.2, 0.25) is 0 Å². The molecule has 8 nitrogen and oxygen atoms in total. The first-order valence-electron chi connectivity index (χ1n) is 11.1. The zero-order chi connectivity index (χ0) is 23.9. The Morgan fingerprint density at radius 2 is 2.00 bits per heavy atom. The van der Waals surface area contributed by atoms with Gasteiger partial charge >= 0.3 is 0 Å². The number of ether oxygens (including phenoxy) is 1. The number of thiol groups is 1. The zero-order valence-corrected chi connectivity index (χ0v) is 19.3. The molecule has 0 aromatic carbocycles. The van der Waals surface area contributed by atoms with Crippen molar-refractivity contribution in [1.29, 1.82) is 0 Å². The van der Waals surface area contributed by atoms with E-state index in [1.807, 2.05) is 12.1 Å². The molecule has 2 aliphatic rings. The summed E-state index contributed by atoms with van der Waals surface area (Å²) in [6.07, 6.45) is 4.32. The molecular formula is C23H25F2N5O3S. The maximum Gasteiger partial charge on any atom is 0.287 e. The van der Waals surface area contributed by atoms with Gasteiger partial charge in [-0.2, -0.15) is 0 Å². The molecule has 3 aromatic rings. The first-order valence-corrected chi connectivity index (χ1v) is 11.8. The average Bonchev–Trinajstić information content (AvgIpc) is 3.14. The van der Waals surface area contributed by atoms with Gasteiger partial charge in [0.05, 0.1) is 41.2 Å². The van der Waals surface area contributed by atoms with E-state index in [0.29, 0.717) is 31.3 Å². The van der Waals surface area contributed by atoms with Crippen molar-refractivity contribution < 1.29 is 18.6 Å². The van der Waals surface area contributed by atoms with Crippen LogP contribution >= 0.6 is 12.6 Å². The van der Waals surface area contributed by atoms with Crippen molar-refractivity contribution in [3.8, 4) is 5.75 Å². The Labute approximate surface area is 200 Å². The highest BCUT2D eigenvalue weighted by Crippen LogP contribution is 2.38. The van der Waals surface area contributed by atoms with E-state index in [9.17, 15) is 18.7 Å². The third-order valence-electron chi connectivity index (χ3n) is 6.58. The molecule has 0 radical (unpaired) electrons. The summed E-state index contributed by atoms with van der Waals surface area (Å²) in [4.78, 5) is 22.6. The van der Waals surface area contributed by atoms with Crippen molar-refractivity contribution in [3.05, 3.63) is 63.8 Å². The summed E-state index contributed by atoms with van der Waals surface area (Å²) in [5.41, 5.74) is -1.26. The first-order chi connectivity index (χ1) is 16.4. The van der Waals surface area contributed by atoms with Crippen LogP contribution in [0.4, 0.5) is 8.78 Å². The Bertz CT molecular complexity index is 1260. The molecule has 0 aliphatic carbocycles. The van der Waals surface area contributed by atoms with Crippen molar-refractivity contribution in [1.82, 2.24) is 24.8 Å². The van der Waals surface area contributed by atoms with E-state index in [4.69, 9.17) is 4.74 Å². The summed E-state index contributed by atoms with van der Waals surface area (Å²) in [7, 11) is 0. The molecule has 3 aromatic heterocycles. The van der Waals surface area contributed by atoms with E-state index in [-0.39, 0.29) is 35.7 Å². The van der Waals surface area contributed by atoms with Gasteiger partial charge in [0.1, 0.15) is 23.1 Å². The number of pyridine rings is 3. The summed E-state index contributed by atoms with van der Waals surface area (Å²) in [5, 5.41) is 14.9. The maximum atomic E-state index is 14.7. The van der Waals surface area contributed by atoms with Gasteiger partial charge in [0, 0.05) is 25.2 Å². The summed E-state index contributed by atoms with van der Waals surface area (Å²) in [6.45, 7) is 1.95. The molecule has 5 rings (SSSR count). The van der Waals surface area contributed by atoms with Gasteiger partial charge in [-0.15, -0.1) is 12.6 Å². The molecule has 0 spiro atoms. The molecule has 2 N–H and O–H groups in total. The average molecular weight is 490 g/mol. The van der Waals surface area contributed by atoms with Gasteiger partial charge in [-0.25, -0.2) is 8.78 Å². The molecule has 180 valence electrons. The molecule has 1 saturated heterocycles. The van der Waals surface area contributed by atoms with Gasteiger partial charge in [-0.05, 0) is 38.1 Å². The second-order valence-corrected chi connectivity index (χ2v) is 9.08. The number of hydrogen-bond acceptors (Lipinski definition) is 8. The molecule has 11 heteroatoms. The minimum atomic E-state index is -1.63. The summed E-state index contributed by atoms with van der Waals surface area (Å²) in [6, 6.07) is 5.04. The molecule has 0 amide bonds. The number of hydrogen-bond donors (Lipinski definition) is 3. The topological polar surface area (TPSA) is 92.5 Å². The second-order valence-electron chi connectivity index (χ2n) is 8.82. The van der Waals surface area contributed by atoms with Gasteiger partial charge < -0.3 is 19.7 Å². The fourth-order valence-corrected chi connectivity index (χ4v) is 5.09. The van der Waals surface area contributed by atoms with Crippen LogP contribution in [0.15, 0.2) is 35.4 Å². The first kappa shape index (κ1) is 23.2. The van der Waals surface area contributed by atoms with Crippen LogP contribution in [0.5, 0.6) is 5.75 Å². The smallest absolute Gasteiger partial charge is 0.287 e. The monoisotopic (exact) mass is 489 g/mol. The van der Waals surface area contributed by atoms with Crippen LogP contribution in [-0.4, -0.2) is 56.2 Å². The number of aliphatic hydroxyl groups is 1. The normalized spacial score (nSPS) is 20.8. The van der Waals surface area contributed by atoms with Crippen LogP contribution in [0.2, 0.25) is 0 Å². The lowest BCUT2D eigenvalue weighted by Gasteiger charge is -2.37. The third kappa shape index (κ3) is 4.28. The molecule has 1 fully saturated rings. The minimum absolute atomic E-state index is 0.0197. The van der Waals surface area contributed by atoms with E-state index in [2.05, 4.69) is 32.8 Å². The lowest BCUT2D eigenvalue weighted by Crippen LogP contribution is -2.48. The largest absolute Gasteiger partial charge is 0.482 e. The summed E-state index contributed by atoms with van der Waals surface area (Å²) >= 11 is 4.02. The van der Waals surface area contributed by atoms with Gasteiger partial charge in [0.25, 0.3) is 5.56 Å². The summed E-state index contributed by atoms with van der Waals surface area (Å²) in [5.74, 6) is -0.688. The number of aromatic nitrogens is 3. The molecule has 1 unspecified atom stereocenters. The van der Waals surface area contributed by atoms with Gasteiger partial charge in [-0.1, -0.05) is 0 Å². The van der Waals surface area contributed by atoms with Crippen molar-refractivity contribution >= 4 is 23.7 Å². The Morgan fingerprint density at radius 1 is 1.21 bits per heavy atom. The Morgan fingerprint density at radius 3 is 2.71 bits per heavy atom. The highest BCUT2D eigenvalue weighted by molar-refractivity contribution is 7.80. The highest BCUT2D eigenvalue weighted by Gasteiger charge is 2.43. The number of piperidine rings is 1. The summed E-state index contributed by atoms with van der Waals surface area (Å²) < 4.78 is 35.2. The van der Waals surface area contributed by atoms with Crippen molar-refractivity contribution in [2.45, 2.75) is 37.6 Å². The van der Waals surface area contributed by atoms with Crippen LogP contribution in [-0.2, 0) is 18.7 Å². The van der Waals surface area contributed by atoms with Crippen LogP contribution in [0.25, 0.3) is 11.0 Å². The number of halogens is 2. The van der Waals surface area contributed by atoms with Crippen LogP contribution in [0.1, 0.15) is 24.1 Å². The van der Waals surface area contributed by atoms with E-state index in [1.165, 1.54) is 0 Å². The van der Waals surface area contributed by atoms with Gasteiger partial charge in [0.15, 0.2) is 5.82 Å². The predicted octanol–water partition coefficient (Wildman–Crippen LogP) is 1.79. The lowest BCUT2D eigenvalue weighted by atomic mass is 9.93. The molecule has 0 bridgehead atoms. The quantitative estimate of drug-likeness (QED) is 0.344. The molecule has 0 saturated carbocycles. The highest BCUT2D eigenvalue weighted by atomic mass is 32.1. The molecular weight excluding hydrogens is 464 g/mol. The van der Waals surface area contributed by atoms with E-state index in [1.54, 1.807) is 6.20 Å². The molecule has 1 atom stereocenters. The lowest BCUT2D eigenvalue weighted by molar-refractivity contribution is -0.0160. The maximum absolute atomic E-state index is 14.7. The standard InChI is InChI=1S/C23H25F2N5O3S/c24-17-7-19-21-20(18(25)10-28-19)23(32,12-30(21)22(17)31)11-29-5-3-14(4-6-29)26-8-15-1-2-16(9-27-15)33-13-34/h1-2,7,9-10,14,26,32,34H,3-6,8,11-13H2. The predicted molar refractivity (Wildman–Crippen MR) is 125 cm³/mol. The van der Waals surface area contributed by atoms with Crippen molar-refractivity contribution in [2.75, 3.05) is 25.6 Å². The van der Waals surface area contributed by atoms with E-state index in [0.717, 1.165) is 35.4 Å². The number of nitrogens with zero attached hydrogens (tertiary/aromatic N) is 4. The third-order valence-corrected chi connectivity index (χ3v) is 6.71. The van der Waals surface area contributed by atoms with Crippen molar-refractivity contribution in [3.63, 3.8) is 0 Å². The minimum Gasteiger partial charge on any atom is -0.482 e. The molecule has 34 heavy (non-hydrogen) atoms. The fraction of sp³-hybridized carbons (Fsp3) is 0.435.